The molecule has 0 unspecified atom stereocenters. The van der Waals surface area contributed by atoms with Gasteiger partial charge in [-0.3, -0.25) is 9.69 Å². The standard InChI is InChI=1S/C24H27N3O2S2/c28-23(26-9-7-25(8-10-26)17-19-6-15-30-18-19)22-16-21(20-4-2-1-3-5-20)24(31-22)27-11-13-29-14-12-27/h1-6,15-16,18H,7-14,17H2. The summed E-state index contributed by atoms with van der Waals surface area (Å²) in [5.74, 6) is 0.164. The number of anilines is 1. The highest BCUT2D eigenvalue weighted by Gasteiger charge is 2.27. The molecule has 162 valence electrons. The molecule has 1 amide bonds. The number of benzene rings is 1. The number of piperazine rings is 1. The van der Waals surface area contributed by atoms with Gasteiger partial charge in [0.2, 0.25) is 0 Å². The summed E-state index contributed by atoms with van der Waals surface area (Å²) >= 11 is 3.38. The molecule has 31 heavy (non-hydrogen) atoms. The molecule has 5 rings (SSSR count). The summed E-state index contributed by atoms with van der Waals surface area (Å²) in [5.41, 5.74) is 3.69. The predicted molar refractivity (Wildman–Crippen MR) is 128 cm³/mol. The Morgan fingerprint density at radius 1 is 0.968 bits per heavy atom. The Labute approximate surface area is 191 Å². The quantitative estimate of drug-likeness (QED) is 0.578. The first kappa shape index (κ1) is 20.7. The molecular weight excluding hydrogens is 426 g/mol. The molecule has 2 saturated heterocycles. The number of amides is 1. The number of hydrogen-bond donors (Lipinski definition) is 0. The van der Waals surface area contributed by atoms with E-state index >= 15 is 0 Å². The number of rotatable bonds is 5. The third-order valence-electron chi connectivity index (χ3n) is 5.95. The van der Waals surface area contributed by atoms with Gasteiger partial charge in [-0.2, -0.15) is 11.3 Å². The summed E-state index contributed by atoms with van der Waals surface area (Å²) in [4.78, 5) is 21.0. The van der Waals surface area contributed by atoms with Crippen molar-refractivity contribution in [1.29, 1.82) is 0 Å². The Kier molecular flexibility index (Phi) is 6.36. The fourth-order valence-electron chi connectivity index (χ4n) is 4.22. The summed E-state index contributed by atoms with van der Waals surface area (Å²) in [6.07, 6.45) is 0. The first-order valence-electron chi connectivity index (χ1n) is 10.8. The van der Waals surface area contributed by atoms with E-state index in [9.17, 15) is 4.79 Å². The lowest BCUT2D eigenvalue weighted by Crippen LogP contribution is -2.48. The van der Waals surface area contributed by atoms with Crippen LogP contribution in [-0.4, -0.2) is 68.2 Å². The van der Waals surface area contributed by atoms with Crippen molar-refractivity contribution in [2.45, 2.75) is 6.54 Å². The van der Waals surface area contributed by atoms with Crippen LogP contribution in [0.4, 0.5) is 5.00 Å². The molecule has 4 heterocycles. The Hall–Kier alpha value is -2.19. The van der Waals surface area contributed by atoms with E-state index in [-0.39, 0.29) is 5.91 Å². The second kappa shape index (κ2) is 9.53. The van der Waals surface area contributed by atoms with E-state index in [1.807, 2.05) is 11.0 Å². The average Bonchev–Trinajstić information content (AvgIpc) is 3.51. The lowest BCUT2D eigenvalue weighted by molar-refractivity contribution is 0.0633. The van der Waals surface area contributed by atoms with E-state index in [0.29, 0.717) is 0 Å². The van der Waals surface area contributed by atoms with E-state index in [2.05, 4.69) is 57.0 Å². The van der Waals surface area contributed by atoms with Crippen LogP contribution < -0.4 is 4.90 Å². The normalized spacial score (nSPS) is 17.8. The van der Waals surface area contributed by atoms with Gasteiger partial charge in [0.1, 0.15) is 0 Å². The van der Waals surface area contributed by atoms with Crippen molar-refractivity contribution in [2.75, 3.05) is 57.4 Å². The third kappa shape index (κ3) is 4.70. The molecule has 7 heteroatoms. The summed E-state index contributed by atoms with van der Waals surface area (Å²) in [5, 5.41) is 5.53. The van der Waals surface area contributed by atoms with Gasteiger partial charge in [0.15, 0.2) is 0 Å². The molecule has 2 fully saturated rings. The fraction of sp³-hybridized carbons (Fsp3) is 0.375. The zero-order valence-corrected chi connectivity index (χ0v) is 19.2. The van der Waals surface area contributed by atoms with Crippen molar-refractivity contribution in [3.8, 4) is 11.1 Å². The number of thiophene rings is 2. The van der Waals surface area contributed by atoms with Gasteiger partial charge in [-0.05, 0) is 34.0 Å². The maximum absolute atomic E-state index is 13.4. The molecule has 2 aliphatic heterocycles. The van der Waals surface area contributed by atoms with Gasteiger partial charge in [0.05, 0.1) is 23.1 Å². The van der Waals surface area contributed by atoms with Crippen LogP contribution in [-0.2, 0) is 11.3 Å². The highest BCUT2D eigenvalue weighted by Crippen LogP contribution is 2.40. The van der Waals surface area contributed by atoms with Crippen LogP contribution in [0.25, 0.3) is 11.1 Å². The molecule has 1 aromatic carbocycles. The predicted octanol–water partition coefficient (Wildman–Crippen LogP) is 4.27. The van der Waals surface area contributed by atoms with Crippen molar-refractivity contribution in [3.05, 3.63) is 63.7 Å². The van der Waals surface area contributed by atoms with Gasteiger partial charge in [-0.25, -0.2) is 0 Å². The topological polar surface area (TPSA) is 36.0 Å². The molecule has 0 atom stereocenters. The van der Waals surface area contributed by atoms with E-state index in [1.54, 1.807) is 22.7 Å². The van der Waals surface area contributed by atoms with E-state index in [4.69, 9.17) is 4.74 Å². The van der Waals surface area contributed by atoms with Gasteiger partial charge >= 0.3 is 0 Å². The summed E-state index contributed by atoms with van der Waals surface area (Å²) < 4.78 is 5.55. The van der Waals surface area contributed by atoms with Crippen LogP contribution in [0.1, 0.15) is 15.2 Å². The summed E-state index contributed by atoms with van der Waals surface area (Å²) in [6, 6.07) is 14.7. The largest absolute Gasteiger partial charge is 0.378 e. The minimum absolute atomic E-state index is 0.164. The van der Waals surface area contributed by atoms with Crippen molar-refractivity contribution >= 4 is 33.6 Å². The molecular formula is C24H27N3O2S2. The minimum atomic E-state index is 0.164. The molecule has 0 N–H and O–H groups in total. The molecule has 3 aromatic rings. The smallest absolute Gasteiger partial charge is 0.264 e. The first-order valence-corrected chi connectivity index (χ1v) is 12.6. The number of carbonyl (C=O) groups excluding carboxylic acids is 1. The Bertz CT molecular complexity index is 989. The van der Waals surface area contributed by atoms with Crippen LogP contribution in [0.2, 0.25) is 0 Å². The third-order valence-corrected chi connectivity index (χ3v) is 7.87. The minimum Gasteiger partial charge on any atom is -0.378 e. The molecule has 0 spiro atoms. The lowest BCUT2D eigenvalue weighted by Gasteiger charge is -2.34. The summed E-state index contributed by atoms with van der Waals surface area (Å²) in [7, 11) is 0. The number of hydrogen-bond acceptors (Lipinski definition) is 6. The van der Waals surface area contributed by atoms with Gasteiger partial charge in [0, 0.05) is 51.4 Å². The van der Waals surface area contributed by atoms with Crippen LogP contribution >= 0.6 is 22.7 Å². The molecule has 2 aromatic heterocycles. The molecule has 0 saturated carbocycles. The second-order valence-electron chi connectivity index (χ2n) is 7.99. The molecule has 0 aliphatic carbocycles. The SMILES string of the molecule is O=C(c1cc(-c2ccccc2)c(N2CCOCC2)s1)N1CCN(Cc2ccsc2)CC1. The first-order chi connectivity index (χ1) is 15.3. The van der Waals surface area contributed by atoms with Crippen molar-refractivity contribution in [2.24, 2.45) is 0 Å². The zero-order chi connectivity index (χ0) is 21.0. The second-order valence-corrected chi connectivity index (χ2v) is 9.81. The number of nitrogens with zero attached hydrogens (tertiary/aromatic N) is 3. The Balaban J connectivity index is 1.32. The van der Waals surface area contributed by atoms with Crippen molar-refractivity contribution < 1.29 is 9.53 Å². The molecule has 0 bridgehead atoms. The van der Waals surface area contributed by atoms with E-state index in [0.717, 1.165) is 69.5 Å². The van der Waals surface area contributed by atoms with Gasteiger partial charge in [0.25, 0.3) is 5.91 Å². The van der Waals surface area contributed by atoms with Crippen LogP contribution in [0, 0.1) is 0 Å². The maximum atomic E-state index is 13.4. The number of ether oxygens (including phenoxy) is 1. The number of morpholine rings is 1. The van der Waals surface area contributed by atoms with Gasteiger partial charge < -0.3 is 14.5 Å². The van der Waals surface area contributed by atoms with Crippen LogP contribution in [0.5, 0.6) is 0 Å². The highest BCUT2D eigenvalue weighted by molar-refractivity contribution is 7.18. The summed E-state index contributed by atoms with van der Waals surface area (Å²) in [6.45, 7) is 7.61. The van der Waals surface area contributed by atoms with Gasteiger partial charge in [-0.15, -0.1) is 11.3 Å². The molecule has 5 nitrogen and oxygen atoms in total. The van der Waals surface area contributed by atoms with Crippen molar-refractivity contribution in [1.82, 2.24) is 9.80 Å². The lowest BCUT2D eigenvalue weighted by atomic mass is 10.1. The van der Waals surface area contributed by atoms with Crippen LogP contribution in [0.3, 0.4) is 0 Å². The Morgan fingerprint density at radius 2 is 1.74 bits per heavy atom. The van der Waals surface area contributed by atoms with Crippen LogP contribution in [0.15, 0.2) is 53.2 Å². The monoisotopic (exact) mass is 453 g/mol. The highest BCUT2D eigenvalue weighted by atomic mass is 32.1. The fourth-order valence-corrected chi connectivity index (χ4v) is 6.08. The van der Waals surface area contributed by atoms with Crippen molar-refractivity contribution in [3.63, 3.8) is 0 Å². The molecule has 0 radical (unpaired) electrons. The van der Waals surface area contributed by atoms with E-state index in [1.165, 1.54) is 16.1 Å². The number of carbonyl (C=O) groups is 1. The maximum Gasteiger partial charge on any atom is 0.264 e. The zero-order valence-electron chi connectivity index (χ0n) is 17.5. The average molecular weight is 454 g/mol. The van der Waals surface area contributed by atoms with Gasteiger partial charge in [-0.1, -0.05) is 30.3 Å². The molecule has 2 aliphatic rings. The Morgan fingerprint density at radius 3 is 2.45 bits per heavy atom. The van der Waals surface area contributed by atoms with E-state index < -0.39 is 0 Å².